The van der Waals surface area contributed by atoms with Gasteiger partial charge < -0.3 is 0 Å². The van der Waals surface area contributed by atoms with Crippen LogP contribution >= 0.6 is 0 Å². The van der Waals surface area contributed by atoms with Crippen molar-refractivity contribution < 1.29 is 0 Å². The average Bonchev–Trinajstić information content (AvgIpc) is 2.04. The number of unbranched alkanes of at least 4 members (excludes halogenated alkanes) is 3. The van der Waals surface area contributed by atoms with Crippen molar-refractivity contribution in [1.82, 2.24) is 0 Å². The summed E-state index contributed by atoms with van der Waals surface area (Å²) >= 11 is 0. The second kappa shape index (κ2) is 16.1. The Balaban J connectivity index is 0. The van der Waals surface area contributed by atoms with Gasteiger partial charge in [0.25, 0.3) is 0 Å². The molecule has 0 aromatic heterocycles. The number of terminal acetylenes is 1. The molecule has 0 spiro atoms. The molecule has 0 unspecified atom stereocenters. The van der Waals surface area contributed by atoms with E-state index in [4.69, 9.17) is 6.42 Å². The van der Waals surface area contributed by atoms with E-state index in [1.54, 1.807) is 6.08 Å². The van der Waals surface area contributed by atoms with Crippen LogP contribution in [0.25, 0.3) is 0 Å². The maximum Gasteiger partial charge on any atom is -0.0164 e. The molecule has 0 aliphatic carbocycles. The zero-order chi connectivity index (χ0) is 8.95. The molecule has 0 N–H and O–H groups in total. The van der Waals surface area contributed by atoms with E-state index in [1.807, 2.05) is 13.0 Å². The van der Waals surface area contributed by atoms with Gasteiger partial charge >= 0.3 is 0 Å². The molecule has 0 aliphatic heterocycles. The van der Waals surface area contributed by atoms with Crippen molar-refractivity contribution in [3.63, 3.8) is 0 Å². The van der Waals surface area contributed by atoms with Crippen molar-refractivity contribution in [2.24, 2.45) is 0 Å². The molecule has 0 heterocycles. The molecular formula is C11H20. The third kappa shape index (κ3) is 26.8. The van der Waals surface area contributed by atoms with Crippen molar-refractivity contribution >= 4 is 0 Å². The molecule has 0 amide bonds. The first-order chi connectivity index (χ1) is 5.33. The highest BCUT2D eigenvalue weighted by atomic mass is 13.8. The second-order valence-corrected chi connectivity index (χ2v) is 2.37. The lowest BCUT2D eigenvalue weighted by Gasteiger charge is -1.86. The molecular weight excluding hydrogens is 132 g/mol. The minimum absolute atomic E-state index is 1.36. The van der Waals surface area contributed by atoms with Crippen LogP contribution in [0.3, 0.4) is 0 Å². The van der Waals surface area contributed by atoms with Crippen molar-refractivity contribution in [2.45, 2.75) is 46.5 Å². The number of allylic oxidation sites excluding steroid dienone is 2. The smallest absolute Gasteiger partial charge is 0.0164 e. The van der Waals surface area contributed by atoms with Gasteiger partial charge in [-0.3, -0.25) is 0 Å². The second-order valence-electron chi connectivity index (χ2n) is 2.37. The molecule has 0 rings (SSSR count). The van der Waals surface area contributed by atoms with E-state index < -0.39 is 0 Å². The van der Waals surface area contributed by atoms with Crippen LogP contribution in [0.4, 0.5) is 0 Å². The molecule has 0 nitrogen and oxygen atoms in total. The summed E-state index contributed by atoms with van der Waals surface area (Å²) in [5.74, 6) is 2.34. The van der Waals surface area contributed by atoms with Crippen LogP contribution < -0.4 is 0 Å². The normalized spacial score (nSPS) is 8.55. The zero-order valence-electron chi connectivity index (χ0n) is 8.06. The van der Waals surface area contributed by atoms with Gasteiger partial charge in [0, 0.05) is 0 Å². The van der Waals surface area contributed by atoms with Crippen molar-refractivity contribution in [3.8, 4) is 12.3 Å². The maximum absolute atomic E-state index is 4.80. The van der Waals surface area contributed by atoms with E-state index in [-0.39, 0.29) is 0 Å². The van der Waals surface area contributed by atoms with E-state index >= 15 is 0 Å². The fraction of sp³-hybridized carbons (Fsp3) is 0.636. The Morgan fingerprint density at radius 1 is 1.18 bits per heavy atom. The molecule has 64 valence electrons. The summed E-state index contributed by atoms with van der Waals surface area (Å²) in [7, 11) is 0. The monoisotopic (exact) mass is 152 g/mol. The van der Waals surface area contributed by atoms with Gasteiger partial charge in [0.05, 0.1) is 0 Å². The molecule has 0 radical (unpaired) electrons. The zero-order valence-corrected chi connectivity index (χ0v) is 8.06. The van der Waals surface area contributed by atoms with E-state index in [9.17, 15) is 0 Å². The summed E-state index contributed by atoms with van der Waals surface area (Å²) < 4.78 is 0. The lowest BCUT2D eigenvalue weighted by atomic mass is 10.2. The fourth-order valence-electron chi connectivity index (χ4n) is 0.596. The molecule has 0 aromatic rings. The minimum Gasteiger partial charge on any atom is -0.115 e. The maximum atomic E-state index is 4.80. The SMILES string of the molecule is C#CC=CC.CCCCCC. The third-order valence-electron chi connectivity index (χ3n) is 1.22. The van der Waals surface area contributed by atoms with E-state index in [1.165, 1.54) is 25.7 Å². The number of hydrogen-bond acceptors (Lipinski definition) is 0. The largest absolute Gasteiger partial charge is 0.115 e. The van der Waals surface area contributed by atoms with Crippen LogP contribution in [0, 0.1) is 12.3 Å². The molecule has 11 heavy (non-hydrogen) atoms. The highest BCUT2D eigenvalue weighted by Crippen LogP contribution is 1.95. The first-order valence-electron chi connectivity index (χ1n) is 4.40. The molecule has 0 saturated heterocycles. The number of hydrogen-bond donors (Lipinski definition) is 0. The van der Waals surface area contributed by atoms with E-state index in [0.717, 1.165) is 0 Å². The first kappa shape index (κ1) is 12.9. The average molecular weight is 152 g/mol. The highest BCUT2D eigenvalue weighted by molar-refractivity contribution is 5.07. The van der Waals surface area contributed by atoms with Crippen molar-refractivity contribution in [1.29, 1.82) is 0 Å². The van der Waals surface area contributed by atoms with Gasteiger partial charge in [-0.2, -0.15) is 0 Å². The summed E-state index contributed by atoms with van der Waals surface area (Å²) in [4.78, 5) is 0. The van der Waals surface area contributed by atoms with Gasteiger partial charge in [0.1, 0.15) is 0 Å². The van der Waals surface area contributed by atoms with Gasteiger partial charge in [0.2, 0.25) is 0 Å². The van der Waals surface area contributed by atoms with Crippen molar-refractivity contribution in [3.05, 3.63) is 12.2 Å². The van der Waals surface area contributed by atoms with Crippen LogP contribution in [0.5, 0.6) is 0 Å². The van der Waals surface area contributed by atoms with Gasteiger partial charge in [-0.05, 0) is 13.0 Å². The molecule has 0 atom stereocenters. The highest BCUT2D eigenvalue weighted by Gasteiger charge is 1.75. The molecule has 0 bridgehead atoms. The van der Waals surface area contributed by atoms with Crippen LogP contribution in [0.1, 0.15) is 46.5 Å². The Morgan fingerprint density at radius 2 is 1.64 bits per heavy atom. The molecule has 0 aromatic carbocycles. The number of rotatable bonds is 3. The van der Waals surface area contributed by atoms with Gasteiger partial charge in [-0.25, -0.2) is 0 Å². The summed E-state index contributed by atoms with van der Waals surface area (Å²) in [6, 6.07) is 0. The van der Waals surface area contributed by atoms with E-state index in [0.29, 0.717) is 0 Å². The summed E-state index contributed by atoms with van der Waals surface area (Å²) in [6.07, 6.45) is 13.8. The molecule has 0 heteroatoms. The Morgan fingerprint density at radius 3 is 1.73 bits per heavy atom. The quantitative estimate of drug-likeness (QED) is 0.426. The molecule has 0 aliphatic rings. The van der Waals surface area contributed by atoms with Crippen LogP contribution in [0.2, 0.25) is 0 Å². The lowest BCUT2D eigenvalue weighted by molar-refractivity contribution is 0.702. The Hall–Kier alpha value is -0.700. The topological polar surface area (TPSA) is 0 Å². The lowest BCUT2D eigenvalue weighted by Crippen LogP contribution is -1.66. The Bertz CT molecular complexity index is 99.7. The Labute approximate surface area is 71.7 Å². The first-order valence-corrected chi connectivity index (χ1v) is 4.40. The van der Waals surface area contributed by atoms with Gasteiger partial charge in [-0.1, -0.05) is 51.5 Å². The molecule has 0 fully saturated rings. The van der Waals surface area contributed by atoms with Gasteiger partial charge in [0.15, 0.2) is 0 Å². The predicted molar refractivity (Wildman–Crippen MR) is 53.5 cm³/mol. The Kier molecular flexibility index (Phi) is 19.0. The van der Waals surface area contributed by atoms with Crippen molar-refractivity contribution in [2.75, 3.05) is 0 Å². The third-order valence-corrected chi connectivity index (χ3v) is 1.22. The van der Waals surface area contributed by atoms with Crippen LogP contribution in [-0.4, -0.2) is 0 Å². The van der Waals surface area contributed by atoms with Crippen LogP contribution in [0.15, 0.2) is 12.2 Å². The standard InChI is InChI=1S/C6H14.C5H6/c1-3-5-6-4-2;1-3-5-4-2/h3-6H2,1-2H3;1,4-5H,2H3. The summed E-state index contributed by atoms with van der Waals surface area (Å²) in [5.41, 5.74) is 0. The van der Waals surface area contributed by atoms with E-state index in [2.05, 4.69) is 19.8 Å². The van der Waals surface area contributed by atoms with Crippen LogP contribution in [-0.2, 0) is 0 Å². The summed E-state index contributed by atoms with van der Waals surface area (Å²) in [6.45, 7) is 6.35. The minimum atomic E-state index is 1.36. The summed E-state index contributed by atoms with van der Waals surface area (Å²) in [5, 5.41) is 0. The predicted octanol–water partition coefficient (Wildman–Crippen LogP) is 3.78. The molecule has 0 saturated carbocycles. The van der Waals surface area contributed by atoms with Gasteiger partial charge in [-0.15, -0.1) is 6.42 Å². The fourth-order valence-corrected chi connectivity index (χ4v) is 0.596.